The lowest BCUT2D eigenvalue weighted by Gasteiger charge is -2.12. The van der Waals surface area contributed by atoms with Gasteiger partial charge in [-0.1, -0.05) is 36.4 Å². The van der Waals surface area contributed by atoms with Gasteiger partial charge in [-0.2, -0.15) is 5.26 Å². The third kappa shape index (κ3) is 4.59. The van der Waals surface area contributed by atoms with E-state index in [9.17, 15) is 0 Å². The minimum Gasteiger partial charge on any atom is -0.358 e. The Balaban J connectivity index is 1.87. The van der Waals surface area contributed by atoms with Crippen LogP contribution in [0.3, 0.4) is 0 Å². The third-order valence-corrected chi connectivity index (χ3v) is 3.44. The first-order chi connectivity index (χ1) is 10.2. The molecule has 106 valence electrons. The Morgan fingerprint density at radius 3 is 2.52 bits per heavy atom. The zero-order valence-electron chi connectivity index (χ0n) is 11.9. The molecule has 0 amide bonds. The van der Waals surface area contributed by atoms with Crippen molar-refractivity contribution in [2.24, 2.45) is 0 Å². The lowest BCUT2D eigenvalue weighted by molar-refractivity contribution is 0.915. The van der Waals surface area contributed by atoms with E-state index >= 15 is 0 Å². The summed E-state index contributed by atoms with van der Waals surface area (Å²) in [7, 11) is 0. The maximum atomic E-state index is 8.64. The predicted molar refractivity (Wildman–Crippen MR) is 90.0 cm³/mol. The van der Waals surface area contributed by atoms with Gasteiger partial charge in [-0.15, -0.1) is 0 Å². The molecule has 0 unspecified atom stereocenters. The molecule has 3 nitrogen and oxygen atoms in total. The number of hydrogen-bond acceptors (Lipinski definition) is 2. The minimum atomic E-state index is 0.427. The van der Waals surface area contributed by atoms with Gasteiger partial charge in [0.2, 0.25) is 0 Å². The summed E-state index contributed by atoms with van der Waals surface area (Å²) in [5, 5.41) is 15.6. The van der Waals surface area contributed by atoms with Gasteiger partial charge < -0.3 is 10.6 Å². The first-order valence-corrected chi connectivity index (χ1v) is 7.15. The number of benzene rings is 2. The van der Waals surface area contributed by atoms with Crippen molar-refractivity contribution in [2.75, 3.05) is 5.32 Å². The van der Waals surface area contributed by atoms with Gasteiger partial charge in [-0.3, -0.25) is 0 Å². The molecule has 4 heteroatoms. The second-order valence-electron chi connectivity index (χ2n) is 4.77. The molecule has 2 N–H and O–H groups in total. The molecule has 0 aromatic heterocycles. The number of thiocarbonyl (C=S) groups is 1. The average Bonchev–Trinajstić information content (AvgIpc) is 2.49. The van der Waals surface area contributed by atoms with Gasteiger partial charge in [-0.25, -0.2) is 0 Å². The van der Waals surface area contributed by atoms with E-state index < -0.39 is 0 Å². The summed E-state index contributed by atoms with van der Waals surface area (Å²) >= 11 is 5.29. The molecule has 21 heavy (non-hydrogen) atoms. The fourth-order valence-corrected chi connectivity index (χ4v) is 2.15. The standard InChI is InChI=1S/C17H17N3S/c1-13-4-2-3-5-15(13)12-19-17(21)20-16-8-6-14(7-9-16)10-11-18/h2-9H,10,12H2,1H3,(H2,19,20,21). The molecule has 2 aromatic carbocycles. The van der Waals surface area contributed by atoms with Crippen LogP contribution in [0.25, 0.3) is 0 Å². The summed E-state index contributed by atoms with van der Waals surface area (Å²) in [6.45, 7) is 2.78. The number of nitriles is 1. The van der Waals surface area contributed by atoms with Crippen LogP contribution in [0.2, 0.25) is 0 Å². The Bertz CT molecular complexity index is 656. The van der Waals surface area contributed by atoms with Crippen molar-refractivity contribution in [3.05, 3.63) is 65.2 Å². The van der Waals surface area contributed by atoms with Crippen molar-refractivity contribution < 1.29 is 0 Å². The highest BCUT2D eigenvalue weighted by molar-refractivity contribution is 7.80. The molecule has 0 aliphatic carbocycles. The van der Waals surface area contributed by atoms with Crippen LogP contribution in [0.4, 0.5) is 5.69 Å². The summed E-state index contributed by atoms with van der Waals surface area (Å²) in [5.74, 6) is 0. The van der Waals surface area contributed by atoms with E-state index in [0.29, 0.717) is 18.1 Å². The van der Waals surface area contributed by atoms with Gasteiger partial charge in [0.1, 0.15) is 0 Å². The van der Waals surface area contributed by atoms with Gasteiger partial charge >= 0.3 is 0 Å². The molecule has 2 rings (SSSR count). The van der Waals surface area contributed by atoms with Crippen LogP contribution >= 0.6 is 12.2 Å². The number of rotatable bonds is 4. The second-order valence-corrected chi connectivity index (χ2v) is 5.17. The summed E-state index contributed by atoms with van der Waals surface area (Å²) in [4.78, 5) is 0. The lowest BCUT2D eigenvalue weighted by Crippen LogP contribution is -2.28. The van der Waals surface area contributed by atoms with E-state index in [2.05, 4.69) is 35.8 Å². The van der Waals surface area contributed by atoms with Crippen molar-refractivity contribution >= 4 is 23.0 Å². The number of anilines is 1. The predicted octanol–water partition coefficient (Wildman–Crippen LogP) is 3.55. The van der Waals surface area contributed by atoms with E-state index in [1.165, 1.54) is 11.1 Å². The third-order valence-electron chi connectivity index (χ3n) is 3.20. The van der Waals surface area contributed by atoms with E-state index in [1.807, 2.05) is 36.4 Å². The van der Waals surface area contributed by atoms with Crippen LogP contribution in [0, 0.1) is 18.3 Å². The van der Waals surface area contributed by atoms with Crippen LogP contribution in [0.15, 0.2) is 48.5 Å². The quantitative estimate of drug-likeness (QED) is 0.847. The Hall–Kier alpha value is -2.38. The van der Waals surface area contributed by atoms with Crippen LogP contribution in [-0.2, 0) is 13.0 Å². The van der Waals surface area contributed by atoms with Crippen LogP contribution in [0.1, 0.15) is 16.7 Å². The van der Waals surface area contributed by atoms with Gasteiger partial charge in [0.05, 0.1) is 12.5 Å². The maximum Gasteiger partial charge on any atom is 0.171 e. The molecule has 0 heterocycles. The summed E-state index contributed by atoms with van der Waals surface area (Å²) in [5.41, 5.74) is 4.39. The average molecular weight is 295 g/mol. The summed E-state index contributed by atoms with van der Waals surface area (Å²) < 4.78 is 0. The second kappa shape index (κ2) is 7.41. The van der Waals surface area contributed by atoms with E-state index in [-0.39, 0.29) is 0 Å². The van der Waals surface area contributed by atoms with E-state index in [1.54, 1.807) is 0 Å². The molecule has 2 aromatic rings. The largest absolute Gasteiger partial charge is 0.358 e. The summed E-state index contributed by atoms with van der Waals surface area (Å²) in [6.07, 6.45) is 0.427. The fraction of sp³-hybridized carbons (Fsp3) is 0.176. The normalized spacial score (nSPS) is 9.71. The van der Waals surface area contributed by atoms with Gasteiger partial charge in [0.25, 0.3) is 0 Å². The highest BCUT2D eigenvalue weighted by Crippen LogP contribution is 2.10. The molecule has 0 aliphatic rings. The highest BCUT2D eigenvalue weighted by atomic mass is 32.1. The SMILES string of the molecule is Cc1ccccc1CNC(=S)Nc1ccc(CC#N)cc1. The molecule has 0 spiro atoms. The molecule has 0 atom stereocenters. The zero-order chi connectivity index (χ0) is 15.1. The molecule has 0 radical (unpaired) electrons. The molecule has 0 aliphatic heterocycles. The van der Waals surface area contributed by atoms with Crippen LogP contribution < -0.4 is 10.6 Å². The fourth-order valence-electron chi connectivity index (χ4n) is 1.96. The first-order valence-electron chi connectivity index (χ1n) is 6.74. The van der Waals surface area contributed by atoms with E-state index in [0.717, 1.165) is 11.3 Å². The highest BCUT2D eigenvalue weighted by Gasteiger charge is 2.00. The number of nitrogens with one attached hydrogen (secondary N) is 2. The summed E-state index contributed by atoms with van der Waals surface area (Å²) in [6, 6.07) is 18.0. The van der Waals surface area contributed by atoms with E-state index in [4.69, 9.17) is 17.5 Å². The van der Waals surface area contributed by atoms with Crippen LogP contribution in [-0.4, -0.2) is 5.11 Å². The topological polar surface area (TPSA) is 47.8 Å². The molecule has 0 saturated carbocycles. The molecule has 0 saturated heterocycles. The van der Waals surface area contributed by atoms with Crippen LogP contribution in [0.5, 0.6) is 0 Å². The number of nitrogens with zero attached hydrogens (tertiary/aromatic N) is 1. The molecular formula is C17H17N3S. The number of aryl methyl sites for hydroxylation is 1. The van der Waals surface area contributed by atoms with Gasteiger partial charge in [0, 0.05) is 12.2 Å². The number of hydrogen-bond donors (Lipinski definition) is 2. The van der Waals surface area contributed by atoms with Crippen molar-refractivity contribution in [3.8, 4) is 6.07 Å². The van der Waals surface area contributed by atoms with Crippen molar-refractivity contribution in [1.82, 2.24) is 5.32 Å². The zero-order valence-corrected chi connectivity index (χ0v) is 12.7. The van der Waals surface area contributed by atoms with Gasteiger partial charge in [0.15, 0.2) is 5.11 Å². The Morgan fingerprint density at radius 2 is 1.86 bits per heavy atom. The monoisotopic (exact) mass is 295 g/mol. The van der Waals surface area contributed by atoms with Crippen molar-refractivity contribution in [2.45, 2.75) is 19.9 Å². The van der Waals surface area contributed by atoms with Crippen molar-refractivity contribution in [1.29, 1.82) is 5.26 Å². The Morgan fingerprint density at radius 1 is 1.14 bits per heavy atom. The maximum absolute atomic E-state index is 8.64. The Kier molecular flexibility index (Phi) is 5.30. The molecule has 0 fully saturated rings. The Labute approximate surface area is 130 Å². The lowest BCUT2D eigenvalue weighted by atomic mass is 10.1. The smallest absolute Gasteiger partial charge is 0.171 e. The van der Waals surface area contributed by atoms with Crippen molar-refractivity contribution in [3.63, 3.8) is 0 Å². The van der Waals surface area contributed by atoms with Gasteiger partial charge in [-0.05, 0) is 48.0 Å². The molecule has 0 bridgehead atoms. The first kappa shape index (κ1) is 15.0. The molecular weight excluding hydrogens is 278 g/mol. The minimum absolute atomic E-state index is 0.427.